The minimum atomic E-state index is -0.0186. The molecule has 3 N–H and O–H groups in total. The highest BCUT2D eigenvalue weighted by Gasteiger charge is 2.17. The van der Waals surface area contributed by atoms with Crippen molar-refractivity contribution in [3.8, 4) is 5.75 Å². The number of aromatic nitrogens is 4. The Morgan fingerprint density at radius 1 is 1.10 bits per heavy atom. The maximum Gasteiger partial charge on any atom is 0.234 e. The molecule has 0 saturated carbocycles. The summed E-state index contributed by atoms with van der Waals surface area (Å²) in [6.07, 6.45) is 4.24. The number of benzene rings is 1. The SMILES string of the molecule is COc1cccc(C(C)Nc2nc(CNCCOCCNC(=O)CN3CCCC3)nc3c(C(C)C)cnn23)c1. The summed E-state index contributed by atoms with van der Waals surface area (Å²) in [5.74, 6) is 2.48. The molecule has 1 fully saturated rings. The lowest BCUT2D eigenvalue weighted by Crippen LogP contribution is -2.37. The van der Waals surface area contributed by atoms with E-state index in [9.17, 15) is 4.79 Å². The quantitative estimate of drug-likeness (QED) is 0.251. The summed E-state index contributed by atoms with van der Waals surface area (Å²) in [4.78, 5) is 23.8. The van der Waals surface area contributed by atoms with Gasteiger partial charge in [0.1, 0.15) is 11.6 Å². The van der Waals surface area contributed by atoms with Crippen LogP contribution < -0.4 is 20.7 Å². The number of nitrogens with one attached hydrogen (secondary N) is 3. The van der Waals surface area contributed by atoms with Crippen molar-refractivity contribution in [1.82, 2.24) is 35.1 Å². The Balaban J connectivity index is 1.28. The Labute approximate surface area is 230 Å². The lowest BCUT2D eigenvalue weighted by molar-refractivity contribution is -0.122. The van der Waals surface area contributed by atoms with Gasteiger partial charge in [-0.3, -0.25) is 9.69 Å². The second-order valence-corrected chi connectivity index (χ2v) is 10.2. The second-order valence-electron chi connectivity index (χ2n) is 10.2. The van der Waals surface area contributed by atoms with Gasteiger partial charge in [0.2, 0.25) is 11.9 Å². The molecular weight excluding hydrogens is 496 g/mol. The largest absolute Gasteiger partial charge is 0.497 e. The van der Waals surface area contributed by atoms with Crippen LogP contribution in [0.5, 0.6) is 5.75 Å². The number of carbonyl (C=O) groups is 1. The molecule has 1 amide bonds. The van der Waals surface area contributed by atoms with E-state index in [-0.39, 0.29) is 17.9 Å². The summed E-state index contributed by atoms with van der Waals surface area (Å²) < 4.78 is 12.8. The van der Waals surface area contributed by atoms with Gasteiger partial charge in [0, 0.05) is 18.7 Å². The van der Waals surface area contributed by atoms with Gasteiger partial charge in [-0.1, -0.05) is 26.0 Å². The molecule has 0 aliphatic carbocycles. The van der Waals surface area contributed by atoms with Crippen LogP contribution in [0.4, 0.5) is 5.95 Å². The number of fused-ring (bicyclic) bond motifs is 1. The van der Waals surface area contributed by atoms with Crippen LogP contribution in [0.1, 0.15) is 62.5 Å². The van der Waals surface area contributed by atoms with Gasteiger partial charge in [0.05, 0.1) is 45.7 Å². The number of ether oxygens (including phenoxy) is 2. The molecule has 1 atom stereocenters. The Morgan fingerprint density at radius 2 is 1.90 bits per heavy atom. The third-order valence-electron chi connectivity index (χ3n) is 6.84. The Hall–Kier alpha value is -3.28. The monoisotopic (exact) mass is 538 g/mol. The highest BCUT2D eigenvalue weighted by molar-refractivity contribution is 5.78. The number of hydrogen-bond acceptors (Lipinski definition) is 9. The predicted molar refractivity (Wildman–Crippen MR) is 151 cm³/mol. The number of hydrogen-bond donors (Lipinski definition) is 3. The molecule has 1 saturated heterocycles. The van der Waals surface area contributed by atoms with E-state index < -0.39 is 0 Å². The molecule has 0 spiro atoms. The summed E-state index contributed by atoms with van der Waals surface area (Å²) in [5, 5.41) is 14.4. The van der Waals surface area contributed by atoms with Crippen molar-refractivity contribution in [2.24, 2.45) is 0 Å². The van der Waals surface area contributed by atoms with Crippen LogP contribution in [0.2, 0.25) is 0 Å². The van der Waals surface area contributed by atoms with Crippen LogP contribution in [0.15, 0.2) is 30.5 Å². The lowest BCUT2D eigenvalue weighted by Gasteiger charge is -2.17. The zero-order valence-corrected chi connectivity index (χ0v) is 23.6. The van der Waals surface area contributed by atoms with Gasteiger partial charge in [0.15, 0.2) is 5.65 Å². The van der Waals surface area contributed by atoms with E-state index >= 15 is 0 Å². The van der Waals surface area contributed by atoms with E-state index in [1.165, 1.54) is 12.8 Å². The smallest absolute Gasteiger partial charge is 0.234 e. The summed E-state index contributed by atoms with van der Waals surface area (Å²) in [6.45, 7) is 11.6. The van der Waals surface area contributed by atoms with Crippen molar-refractivity contribution in [2.45, 2.75) is 52.1 Å². The van der Waals surface area contributed by atoms with E-state index in [0.29, 0.717) is 51.2 Å². The van der Waals surface area contributed by atoms with Crippen molar-refractivity contribution in [1.29, 1.82) is 0 Å². The van der Waals surface area contributed by atoms with E-state index in [0.717, 1.165) is 35.6 Å². The van der Waals surface area contributed by atoms with E-state index in [1.807, 2.05) is 24.4 Å². The van der Waals surface area contributed by atoms with Gasteiger partial charge in [-0.05, 0) is 56.5 Å². The normalized spacial score (nSPS) is 14.7. The predicted octanol–water partition coefficient (Wildman–Crippen LogP) is 2.75. The molecule has 11 heteroatoms. The van der Waals surface area contributed by atoms with Crippen LogP contribution in [-0.2, 0) is 16.1 Å². The Kier molecular flexibility index (Phi) is 10.5. The van der Waals surface area contributed by atoms with Crippen LogP contribution in [0.25, 0.3) is 5.65 Å². The maximum atomic E-state index is 12.0. The van der Waals surface area contributed by atoms with Crippen molar-refractivity contribution in [3.05, 3.63) is 47.4 Å². The molecule has 11 nitrogen and oxygen atoms in total. The Bertz CT molecular complexity index is 1210. The zero-order valence-electron chi connectivity index (χ0n) is 23.6. The lowest BCUT2D eigenvalue weighted by atomic mass is 10.1. The molecule has 3 aromatic rings. The van der Waals surface area contributed by atoms with Crippen LogP contribution in [-0.4, -0.2) is 83.4 Å². The second kappa shape index (κ2) is 14.2. The van der Waals surface area contributed by atoms with Crippen LogP contribution in [0, 0.1) is 0 Å². The number of carbonyl (C=O) groups excluding carboxylic acids is 1. The van der Waals surface area contributed by atoms with Crippen LogP contribution >= 0.6 is 0 Å². The molecular formula is C28H42N8O3. The molecule has 0 bridgehead atoms. The van der Waals surface area contributed by atoms with Gasteiger partial charge in [-0.25, -0.2) is 4.98 Å². The molecule has 3 heterocycles. The van der Waals surface area contributed by atoms with E-state index in [1.54, 1.807) is 11.6 Å². The van der Waals surface area contributed by atoms with Gasteiger partial charge in [-0.2, -0.15) is 14.6 Å². The van der Waals surface area contributed by atoms with E-state index in [2.05, 4.69) is 52.8 Å². The first-order valence-electron chi connectivity index (χ1n) is 13.9. The standard InChI is InChI=1S/C28H42N8O3/c1-20(2)24-17-31-36-27(24)33-25(34-28(36)32-21(3)22-8-7-9-23(16-22)38-4)18-29-10-14-39-15-11-30-26(37)19-35-12-5-6-13-35/h7-9,16-17,20-21,29H,5-6,10-15,18-19H2,1-4H3,(H,30,37)(H,32,33,34). The molecule has 1 aliphatic heterocycles. The van der Waals surface area contributed by atoms with Gasteiger partial charge < -0.3 is 25.4 Å². The number of methoxy groups -OCH3 is 1. The first-order chi connectivity index (χ1) is 18.9. The first-order valence-corrected chi connectivity index (χ1v) is 13.9. The molecule has 39 heavy (non-hydrogen) atoms. The molecule has 1 unspecified atom stereocenters. The molecule has 1 aromatic carbocycles. The molecule has 4 rings (SSSR count). The van der Waals surface area contributed by atoms with Gasteiger partial charge >= 0.3 is 0 Å². The number of anilines is 1. The van der Waals surface area contributed by atoms with Gasteiger partial charge in [-0.15, -0.1) is 0 Å². The van der Waals surface area contributed by atoms with Crippen molar-refractivity contribution in [3.63, 3.8) is 0 Å². The molecule has 1 aliphatic rings. The van der Waals surface area contributed by atoms with Crippen molar-refractivity contribution in [2.75, 3.05) is 58.4 Å². The molecule has 0 radical (unpaired) electrons. The molecule has 212 valence electrons. The zero-order chi connectivity index (χ0) is 27.6. The summed E-state index contributed by atoms with van der Waals surface area (Å²) >= 11 is 0. The number of amides is 1. The third kappa shape index (κ3) is 8.11. The van der Waals surface area contributed by atoms with Gasteiger partial charge in [0.25, 0.3) is 0 Å². The fraction of sp³-hybridized carbons (Fsp3) is 0.571. The minimum absolute atomic E-state index is 0.0186. The Morgan fingerprint density at radius 3 is 2.67 bits per heavy atom. The number of nitrogens with zero attached hydrogens (tertiary/aromatic N) is 5. The number of rotatable bonds is 15. The number of likely N-dealkylation sites (tertiary alicyclic amines) is 1. The average molecular weight is 539 g/mol. The summed E-state index contributed by atoms with van der Waals surface area (Å²) in [6, 6.07) is 7.96. The average Bonchev–Trinajstić information content (AvgIpc) is 3.60. The first kappa shape index (κ1) is 28.7. The highest BCUT2D eigenvalue weighted by Crippen LogP contribution is 2.25. The summed E-state index contributed by atoms with van der Waals surface area (Å²) in [7, 11) is 1.67. The van der Waals surface area contributed by atoms with E-state index in [4.69, 9.17) is 19.4 Å². The fourth-order valence-corrected chi connectivity index (χ4v) is 4.61. The maximum absolute atomic E-state index is 12.0. The highest BCUT2D eigenvalue weighted by atomic mass is 16.5. The summed E-state index contributed by atoms with van der Waals surface area (Å²) in [5.41, 5.74) is 2.96. The van der Waals surface area contributed by atoms with Crippen molar-refractivity contribution < 1.29 is 14.3 Å². The fourth-order valence-electron chi connectivity index (χ4n) is 4.61. The van der Waals surface area contributed by atoms with Crippen LogP contribution in [0.3, 0.4) is 0 Å². The minimum Gasteiger partial charge on any atom is -0.497 e. The molecule has 2 aromatic heterocycles. The third-order valence-corrected chi connectivity index (χ3v) is 6.84. The van der Waals surface area contributed by atoms with Crippen molar-refractivity contribution >= 4 is 17.5 Å². The topological polar surface area (TPSA) is 118 Å².